The molecule has 0 aromatic heterocycles. The van der Waals surface area contributed by atoms with Crippen LogP contribution in [0.1, 0.15) is 39.5 Å². The predicted octanol–water partition coefficient (Wildman–Crippen LogP) is 1.77. The van der Waals surface area contributed by atoms with Crippen molar-refractivity contribution in [1.29, 1.82) is 0 Å². The largest absolute Gasteiger partial charge is 0.303 e. The summed E-state index contributed by atoms with van der Waals surface area (Å²) in [6.45, 7) is 8.46. The number of likely N-dealkylation sites (N-methyl/N-ethyl adjacent to an activating group) is 1. The lowest BCUT2D eigenvalue weighted by Crippen LogP contribution is -2.44. The van der Waals surface area contributed by atoms with E-state index in [4.69, 9.17) is 0 Å². The molecule has 0 bridgehead atoms. The van der Waals surface area contributed by atoms with E-state index < -0.39 is 0 Å². The average Bonchev–Trinajstić information content (AvgIpc) is 2.29. The number of hydrogen-bond acceptors (Lipinski definition) is 3. The summed E-state index contributed by atoms with van der Waals surface area (Å²) in [4.78, 5) is 16.3. The molecule has 0 aromatic rings. The van der Waals surface area contributed by atoms with Crippen molar-refractivity contribution in [1.82, 2.24) is 9.80 Å². The number of nitrogens with zero attached hydrogens (tertiary/aromatic N) is 2. The Labute approximate surface area is 99.8 Å². The Morgan fingerprint density at radius 2 is 1.94 bits per heavy atom. The Bertz CT molecular complexity index is 210. The summed E-state index contributed by atoms with van der Waals surface area (Å²) in [5, 5.41) is 0. The van der Waals surface area contributed by atoms with Gasteiger partial charge in [-0.05, 0) is 45.9 Å². The van der Waals surface area contributed by atoms with E-state index in [1.807, 2.05) is 0 Å². The predicted molar refractivity (Wildman–Crippen MR) is 67.7 cm³/mol. The molecule has 1 rings (SSSR count). The zero-order valence-corrected chi connectivity index (χ0v) is 11.0. The van der Waals surface area contributed by atoms with E-state index in [1.54, 1.807) is 0 Å². The van der Waals surface area contributed by atoms with Crippen LogP contribution < -0.4 is 0 Å². The fourth-order valence-electron chi connectivity index (χ4n) is 2.44. The molecule has 0 saturated carbocycles. The molecule has 0 radical (unpaired) electrons. The van der Waals surface area contributed by atoms with Gasteiger partial charge in [0.05, 0.1) is 6.54 Å². The molecular formula is C13H26N2O. The van der Waals surface area contributed by atoms with Crippen LogP contribution in [0.25, 0.3) is 0 Å². The number of rotatable bonds is 6. The van der Waals surface area contributed by atoms with Gasteiger partial charge in [-0.3, -0.25) is 9.69 Å². The summed E-state index contributed by atoms with van der Waals surface area (Å²) < 4.78 is 0. The van der Waals surface area contributed by atoms with E-state index in [0.29, 0.717) is 18.4 Å². The molecule has 1 fully saturated rings. The molecule has 0 spiro atoms. The second-order valence-corrected chi connectivity index (χ2v) is 4.87. The second kappa shape index (κ2) is 7.02. The quantitative estimate of drug-likeness (QED) is 0.689. The van der Waals surface area contributed by atoms with E-state index in [0.717, 1.165) is 19.4 Å². The van der Waals surface area contributed by atoms with Gasteiger partial charge in [-0.2, -0.15) is 0 Å². The molecule has 0 aromatic carbocycles. The highest BCUT2D eigenvalue weighted by Gasteiger charge is 2.22. The average molecular weight is 226 g/mol. The number of carbonyl (C=O) groups excluding carboxylic acids is 1. The molecule has 94 valence electrons. The summed E-state index contributed by atoms with van der Waals surface area (Å²) in [6.07, 6.45) is 4.13. The van der Waals surface area contributed by atoms with Crippen molar-refractivity contribution in [2.45, 2.75) is 45.6 Å². The van der Waals surface area contributed by atoms with Crippen molar-refractivity contribution in [3.05, 3.63) is 0 Å². The lowest BCUT2D eigenvalue weighted by molar-refractivity contribution is -0.120. The van der Waals surface area contributed by atoms with Crippen LogP contribution in [0.4, 0.5) is 0 Å². The molecule has 16 heavy (non-hydrogen) atoms. The zero-order valence-electron chi connectivity index (χ0n) is 11.0. The van der Waals surface area contributed by atoms with Crippen molar-refractivity contribution >= 4 is 5.78 Å². The smallest absolute Gasteiger partial charge is 0.146 e. The molecule has 1 aliphatic rings. The monoisotopic (exact) mass is 226 g/mol. The first kappa shape index (κ1) is 13.7. The number of carbonyl (C=O) groups is 1. The molecule has 0 amide bonds. The van der Waals surface area contributed by atoms with Crippen LogP contribution in [0.5, 0.6) is 0 Å². The van der Waals surface area contributed by atoms with Crippen molar-refractivity contribution in [3.63, 3.8) is 0 Å². The standard InChI is InChI=1S/C13H26N2O/c1-4-6-13(16)11-14(3)12-7-9-15(5-2)10-8-12/h12H,4-11H2,1-3H3. The van der Waals surface area contributed by atoms with Crippen molar-refractivity contribution in [3.8, 4) is 0 Å². The van der Waals surface area contributed by atoms with E-state index in [9.17, 15) is 4.79 Å². The van der Waals surface area contributed by atoms with Crippen LogP contribution in [0.15, 0.2) is 0 Å². The molecule has 1 heterocycles. The third-order valence-electron chi connectivity index (χ3n) is 3.58. The fraction of sp³-hybridized carbons (Fsp3) is 0.923. The summed E-state index contributed by atoms with van der Waals surface area (Å²) in [5.74, 6) is 0.392. The second-order valence-electron chi connectivity index (χ2n) is 4.87. The first-order valence-electron chi connectivity index (χ1n) is 6.61. The fourth-order valence-corrected chi connectivity index (χ4v) is 2.44. The maximum absolute atomic E-state index is 11.6. The summed E-state index contributed by atoms with van der Waals surface area (Å²) in [5.41, 5.74) is 0. The van der Waals surface area contributed by atoms with Gasteiger partial charge in [-0.25, -0.2) is 0 Å². The normalized spacial score (nSPS) is 19.2. The molecular weight excluding hydrogens is 200 g/mol. The topological polar surface area (TPSA) is 23.6 Å². The SMILES string of the molecule is CCCC(=O)CN(C)C1CCN(CC)CC1. The summed E-state index contributed by atoms with van der Waals surface area (Å²) >= 11 is 0. The number of ketones is 1. The van der Waals surface area contributed by atoms with Crippen LogP contribution in [-0.2, 0) is 4.79 Å². The van der Waals surface area contributed by atoms with Gasteiger partial charge in [0.1, 0.15) is 5.78 Å². The van der Waals surface area contributed by atoms with Gasteiger partial charge in [-0.15, -0.1) is 0 Å². The highest BCUT2D eigenvalue weighted by molar-refractivity contribution is 5.80. The first-order valence-corrected chi connectivity index (χ1v) is 6.61. The van der Waals surface area contributed by atoms with Gasteiger partial charge < -0.3 is 4.90 Å². The first-order chi connectivity index (χ1) is 7.67. The molecule has 0 aliphatic carbocycles. The molecule has 1 aliphatic heterocycles. The van der Waals surface area contributed by atoms with Gasteiger partial charge >= 0.3 is 0 Å². The number of hydrogen-bond donors (Lipinski definition) is 0. The van der Waals surface area contributed by atoms with Crippen molar-refractivity contribution in [2.75, 3.05) is 33.2 Å². The zero-order chi connectivity index (χ0) is 12.0. The van der Waals surface area contributed by atoms with Crippen LogP contribution in [0.2, 0.25) is 0 Å². The van der Waals surface area contributed by atoms with Gasteiger partial charge in [-0.1, -0.05) is 13.8 Å². The van der Waals surface area contributed by atoms with Gasteiger partial charge in [0, 0.05) is 12.5 Å². The van der Waals surface area contributed by atoms with Crippen LogP contribution >= 0.6 is 0 Å². The lowest BCUT2D eigenvalue weighted by Gasteiger charge is -2.36. The van der Waals surface area contributed by atoms with Gasteiger partial charge in [0.2, 0.25) is 0 Å². The highest BCUT2D eigenvalue weighted by atomic mass is 16.1. The van der Waals surface area contributed by atoms with E-state index in [2.05, 4.69) is 30.7 Å². The lowest BCUT2D eigenvalue weighted by atomic mass is 10.0. The number of piperidine rings is 1. The Morgan fingerprint density at radius 3 is 2.44 bits per heavy atom. The minimum atomic E-state index is 0.392. The molecule has 3 nitrogen and oxygen atoms in total. The minimum Gasteiger partial charge on any atom is -0.303 e. The number of Topliss-reactive ketones (excluding diaryl/α,β-unsaturated/α-hetero) is 1. The van der Waals surface area contributed by atoms with Crippen molar-refractivity contribution < 1.29 is 4.79 Å². The van der Waals surface area contributed by atoms with E-state index in [1.165, 1.54) is 25.9 Å². The maximum atomic E-state index is 11.6. The van der Waals surface area contributed by atoms with Crippen LogP contribution in [0, 0.1) is 0 Å². The van der Waals surface area contributed by atoms with Gasteiger partial charge in [0.25, 0.3) is 0 Å². The van der Waals surface area contributed by atoms with Gasteiger partial charge in [0.15, 0.2) is 0 Å². The highest BCUT2D eigenvalue weighted by Crippen LogP contribution is 2.15. The number of likely N-dealkylation sites (tertiary alicyclic amines) is 1. The Kier molecular flexibility index (Phi) is 5.99. The third kappa shape index (κ3) is 4.22. The van der Waals surface area contributed by atoms with Crippen molar-refractivity contribution in [2.24, 2.45) is 0 Å². The third-order valence-corrected chi connectivity index (χ3v) is 3.58. The molecule has 0 unspecified atom stereocenters. The summed E-state index contributed by atoms with van der Waals surface area (Å²) in [6, 6.07) is 0.614. The molecule has 1 saturated heterocycles. The Hall–Kier alpha value is -0.410. The molecule has 3 heteroatoms. The van der Waals surface area contributed by atoms with Crippen LogP contribution in [0.3, 0.4) is 0 Å². The molecule has 0 atom stereocenters. The Balaban J connectivity index is 2.27. The maximum Gasteiger partial charge on any atom is 0.146 e. The van der Waals surface area contributed by atoms with Crippen LogP contribution in [-0.4, -0.2) is 54.9 Å². The minimum absolute atomic E-state index is 0.392. The van der Waals surface area contributed by atoms with E-state index in [-0.39, 0.29) is 0 Å². The Morgan fingerprint density at radius 1 is 1.31 bits per heavy atom. The molecule has 0 N–H and O–H groups in total. The van der Waals surface area contributed by atoms with E-state index >= 15 is 0 Å². The summed E-state index contributed by atoms with van der Waals surface area (Å²) in [7, 11) is 2.10.